The van der Waals surface area contributed by atoms with Crippen molar-refractivity contribution in [3.8, 4) is 0 Å². The van der Waals surface area contributed by atoms with Crippen LogP contribution in [0.4, 0.5) is 4.79 Å². The van der Waals surface area contributed by atoms with Gasteiger partial charge in [0.25, 0.3) is 0 Å². The quantitative estimate of drug-likeness (QED) is 0.786. The molecule has 0 aromatic rings. The molecule has 1 N–H and O–H groups in total. The van der Waals surface area contributed by atoms with Crippen LogP contribution in [0, 0.1) is 5.92 Å². The van der Waals surface area contributed by atoms with Crippen molar-refractivity contribution < 1.29 is 19.1 Å². The molecule has 1 saturated heterocycles. The average Bonchev–Trinajstić information content (AvgIpc) is 2.45. The lowest BCUT2D eigenvalue weighted by molar-refractivity contribution is -0.144. The van der Waals surface area contributed by atoms with Crippen LogP contribution in [0.2, 0.25) is 0 Å². The molecule has 23 heavy (non-hydrogen) atoms. The minimum absolute atomic E-state index is 0.0458. The molecule has 134 valence electrons. The van der Waals surface area contributed by atoms with Gasteiger partial charge in [0.15, 0.2) is 0 Å². The molecule has 0 aromatic heterocycles. The predicted molar refractivity (Wildman–Crippen MR) is 89.2 cm³/mol. The zero-order valence-electron chi connectivity index (χ0n) is 15.3. The lowest BCUT2D eigenvalue weighted by Gasteiger charge is -2.37. The summed E-state index contributed by atoms with van der Waals surface area (Å²) in [6.45, 7) is 10.8. The summed E-state index contributed by atoms with van der Waals surface area (Å²) in [4.78, 5) is 26.0. The van der Waals surface area contributed by atoms with Gasteiger partial charge in [0.2, 0.25) is 0 Å². The summed E-state index contributed by atoms with van der Waals surface area (Å²) >= 11 is 0. The topological polar surface area (TPSA) is 67.9 Å². The SMILES string of the molecule is COC(=O)C(NCC1CCCCN1C(=O)OC(C)(C)C)C(C)C. The van der Waals surface area contributed by atoms with Crippen LogP contribution in [0.25, 0.3) is 0 Å². The smallest absolute Gasteiger partial charge is 0.410 e. The van der Waals surface area contributed by atoms with E-state index in [1.165, 1.54) is 7.11 Å². The molecule has 0 spiro atoms. The molecule has 1 amide bonds. The van der Waals surface area contributed by atoms with Gasteiger partial charge in [-0.3, -0.25) is 4.79 Å². The number of rotatable bonds is 5. The van der Waals surface area contributed by atoms with Crippen LogP contribution in [0.15, 0.2) is 0 Å². The Morgan fingerprint density at radius 2 is 1.91 bits per heavy atom. The van der Waals surface area contributed by atoms with Crippen molar-refractivity contribution in [2.75, 3.05) is 20.2 Å². The number of likely N-dealkylation sites (tertiary alicyclic amines) is 1. The molecule has 0 aromatic carbocycles. The average molecular weight is 328 g/mol. The zero-order chi connectivity index (χ0) is 17.6. The van der Waals surface area contributed by atoms with Crippen LogP contribution < -0.4 is 5.32 Å². The fraction of sp³-hybridized carbons (Fsp3) is 0.882. The first kappa shape index (κ1) is 19.7. The third kappa shape index (κ3) is 6.37. The number of ether oxygens (including phenoxy) is 2. The fourth-order valence-electron chi connectivity index (χ4n) is 2.75. The Hall–Kier alpha value is -1.30. The molecule has 1 heterocycles. The third-order valence-electron chi connectivity index (χ3n) is 3.95. The lowest BCUT2D eigenvalue weighted by Crippen LogP contribution is -2.53. The number of hydrogen-bond donors (Lipinski definition) is 1. The summed E-state index contributed by atoms with van der Waals surface area (Å²) in [5.74, 6) is -0.138. The van der Waals surface area contributed by atoms with Gasteiger partial charge >= 0.3 is 12.1 Å². The van der Waals surface area contributed by atoms with Crippen LogP contribution in [0.5, 0.6) is 0 Å². The van der Waals surface area contributed by atoms with Gasteiger partial charge in [0, 0.05) is 19.1 Å². The van der Waals surface area contributed by atoms with E-state index < -0.39 is 5.60 Å². The number of nitrogens with zero attached hydrogens (tertiary/aromatic N) is 1. The summed E-state index contributed by atoms with van der Waals surface area (Å²) in [7, 11) is 1.40. The van der Waals surface area contributed by atoms with Crippen LogP contribution in [0.3, 0.4) is 0 Å². The first-order valence-electron chi connectivity index (χ1n) is 8.46. The number of piperidine rings is 1. The molecule has 1 aliphatic rings. The lowest BCUT2D eigenvalue weighted by atomic mass is 10.0. The number of methoxy groups -OCH3 is 1. The number of esters is 1. The maximum atomic E-state index is 12.4. The first-order valence-corrected chi connectivity index (χ1v) is 8.46. The number of amides is 1. The van der Waals surface area contributed by atoms with Crippen LogP contribution in [-0.2, 0) is 14.3 Å². The maximum absolute atomic E-state index is 12.4. The molecule has 6 heteroatoms. The normalized spacial score (nSPS) is 20.3. The summed E-state index contributed by atoms with van der Waals surface area (Å²) in [5.41, 5.74) is -0.501. The molecule has 2 unspecified atom stereocenters. The highest BCUT2D eigenvalue weighted by Crippen LogP contribution is 2.20. The zero-order valence-corrected chi connectivity index (χ0v) is 15.3. The minimum atomic E-state index is -0.501. The Morgan fingerprint density at radius 3 is 2.43 bits per heavy atom. The van der Waals surface area contributed by atoms with Crippen LogP contribution >= 0.6 is 0 Å². The van der Waals surface area contributed by atoms with Crippen LogP contribution in [0.1, 0.15) is 53.9 Å². The molecular weight excluding hydrogens is 296 g/mol. The van der Waals surface area contributed by atoms with Crippen molar-refractivity contribution in [2.24, 2.45) is 5.92 Å². The highest BCUT2D eigenvalue weighted by atomic mass is 16.6. The standard InChI is InChI=1S/C17H32N2O4/c1-12(2)14(15(20)22-6)18-11-13-9-7-8-10-19(13)16(21)23-17(3,4)5/h12-14,18H,7-11H2,1-6H3. The van der Waals surface area contributed by atoms with Crippen molar-refractivity contribution in [2.45, 2.75) is 71.6 Å². The van der Waals surface area contributed by atoms with Crippen molar-refractivity contribution in [1.29, 1.82) is 0 Å². The predicted octanol–water partition coefficient (Wildman–Crippen LogP) is 2.56. The Kier molecular flexibility index (Phi) is 7.32. The van der Waals surface area contributed by atoms with E-state index in [2.05, 4.69) is 5.32 Å². The van der Waals surface area contributed by atoms with Crippen molar-refractivity contribution >= 4 is 12.1 Å². The number of nitrogens with one attached hydrogen (secondary N) is 1. The molecule has 6 nitrogen and oxygen atoms in total. The molecule has 1 fully saturated rings. The van der Waals surface area contributed by atoms with Gasteiger partial charge in [-0.2, -0.15) is 0 Å². The van der Waals surface area contributed by atoms with Gasteiger partial charge in [-0.1, -0.05) is 13.8 Å². The Balaban J connectivity index is 2.67. The fourth-order valence-corrected chi connectivity index (χ4v) is 2.75. The number of hydrogen-bond acceptors (Lipinski definition) is 5. The van der Waals surface area contributed by atoms with Gasteiger partial charge in [0.1, 0.15) is 11.6 Å². The number of carbonyl (C=O) groups is 2. The van der Waals surface area contributed by atoms with Gasteiger partial charge in [-0.15, -0.1) is 0 Å². The second-order valence-electron chi connectivity index (χ2n) is 7.48. The van der Waals surface area contributed by atoms with E-state index in [-0.39, 0.29) is 30.1 Å². The molecule has 1 aliphatic heterocycles. The van der Waals surface area contributed by atoms with Crippen molar-refractivity contribution in [3.63, 3.8) is 0 Å². The third-order valence-corrected chi connectivity index (χ3v) is 3.95. The van der Waals surface area contributed by atoms with Crippen molar-refractivity contribution in [1.82, 2.24) is 10.2 Å². The molecule has 1 rings (SSSR count). The Bertz CT molecular complexity index is 404. The van der Waals surface area contributed by atoms with E-state index in [9.17, 15) is 9.59 Å². The highest BCUT2D eigenvalue weighted by molar-refractivity contribution is 5.76. The number of carbonyl (C=O) groups excluding carboxylic acids is 2. The Morgan fingerprint density at radius 1 is 1.26 bits per heavy atom. The summed E-state index contributed by atoms with van der Waals surface area (Å²) in [6.07, 6.45) is 2.71. The Labute approximate surface area is 139 Å². The molecule has 0 radical (unpaired) electrons. The summed E-state index contributed by atoms with van der Waals surface area (Å²) in [5, 5.41) is 3.26. The summed E-state index contributed by atoms with van der Waals surface area (Å²) in [6, 6.07) is -0.313. The maximum Gasteiger partial charge on any atom is 0.410 e. The summed E-state index contributed by atoms with van der Waals surface area (Å²) < 4.78 is 10.3. The van der Waals surface area contributed by atoms with E-state index in [0.717, 1.165) is 19.3 Å². The first-order chi connectivity index (χ1) is 10.7. The van der Waals surface area contributed by atoms with E-state index in [1.54, 1.807) is 4.90 Å². The molecule has 0 aliphatic carbocycles. The minimum Gasteiger partial charge on any atom is -0.468 e. The second-order valence-corrected chi connectivity index (χ2v) is 7.48. The second kappa shape index (κ2) is 8.52. The molecular formula is C17H32N2O4. The van der Waals surface area contributed by atoms with E-state index in [1.807, 2.05) is 34.6 Å². The van der Waals surface area contributed by atoms with Gasteiger partial charge in [-0.25, -0.2) is 4.79 Å². The van der Waals surface area contributed by atoms with Crippen molar-refractivity contribution in [3.05, 3.63) is 0 Å². The van der Waals surface area contributed by atoms with Gasteiger partial charge in [-0.05, 0) is 46.0 Å². The molecule has 0 bridgehead atoms. The van der Waals surface area contributed by atoms with Gasteiger partial charge in [0.05, 0.1) is 7.11 Å². The van der Waals surface area contributed by atoms with E-state index in [4.69, 9.17) is 9.47 Å². The van der Waals surface area contributed by atoms with Gasteiger partial charge < -0.3 is 19.7 Å². The van der Waals surface area contributed by atoms with Crippen LogP contribution in [-0.4, -0.2) is 54.8 Å². The largest absolute Gasteiger partial charge is 0.468 e. The van der Waals surface area contributed by atoms with E-state index >= 15 is 0 Å². The van der Waals surface area contributed by atoms with E-state index in [0.29, 0.717) is 13.1 Å². The highest BCUT2D eigenvalue weighted by Gasteiger charge is 2.32. The molecule has 2 atom stereocenters. The monoisotopic (exact) mass is 328 g/mol. The molecule has 0 saturated carbocycles.